The second-order valence-corrected chi connectivity index (χ2v) is 2.48. The van der Waals surface area contributed by atoms with Crippen LogP contribution >= 0.6 is 0 Å². The van der Waals surface area contributed by atoms with Crippen molar-refractivity contribution in [2.24, 2.45) is 0 Å². The predicted octanol–water partition coefficient (Wildman–Crippen LogP) is 0.469. The van der Waals surface area contributed by atoms with Gasteiger partial charge in [0, 0.05) is 12.6 Å². The zero-order valence-corrected chi connectivity index (χ0v) is 6.72. The summed E-state index contributed by atoms with van der Waals surface area (Å²) in [6.45, 7) is 4.07. The fourth-order valence-corrected chi connectivity index (χ4v) is 1.06. The summed E-state index contributed by atoms with van der Waals surface area (Å²) in [6.07, 6.45) is 2.56. The summed E-state index contributed by atoms with van der Waals surface area (Å²) in [5, 5.41) is 3.14. The van der Waals surface area contributed by atoms with E-state index in [1.807, 2.05) is 6.92 Å². The number of ether oxygens (including phenoxy) is 1. The molecule has 1 fully saturated rings. The largest absolute Gasteiger partial charge is 0.463 e. The van der Waals surface area contributed by atoms with Gasteiger partial charge < -0.3 is 10.1 Å². The Hall–Kier alpha value is -0.830. The van der Waals surface area contributed by atoms with Gasteiger partial charge >= 0.3 is 5.97 Å². The summed E-state index contributed by atoms with van der Waals surface area (Å²) < 4.78 is 4.76. The topological polar surface area (TPSA) is 38.3 Å². The zero-order valence-electron chi connectivity index (χ0n) is 6.72. The molecule has 0 amide bonds. The van der Waals surface area contributed by atoms with E-state index in [1.165, 1.54) is 0 Å². The van der Waals surface area contributed by atoms with Crippen molar-refractivity contribution in [1.82, 2.24) is 5.32 Å². The van der Waals surface area contributed by atoms with Crippen LogP contribution in [0.3, 0.4) is 0 Å². The van der Waals surface area contributed by atoms with Crippen LogP contribution in [0, 0.1) is 0 Å². The second-order valence-electron chi connectivity index (χ2n) is 2.48. The molecule has 0 aliphatic carbocycles. The van der Waals surface area contributed by atoms with Crippen molar-refractivity contribution < 1.29 is 9.53 Å². The van der Waals surface area contributed by atoms with E-state index in [2.05, 4.69) is 5.32 Å². The zero-order chi connectivity index (χ0) is 8.10. The van der Waals surface area contributed by atoms with E-state index in [1.54, 1.807) is 6.08 Å². The Morgan fingerprint density at radius 2 is 2.64 bits per heavy atom. The highest BCUT2D eigenvalue weighted by atomic mass is 16.5. The fraction of sp³-hybridized carbons (Fsp3) is 0.625. The van der Waals surface area contributed by atoms with Gasteiger partial charge in [-0.15, -0.1) is 0 Å². The summed E-state index contributed by atoms with van der Waals surface area (Å²) in [5.41, 5.74) is 1.14. The van der Waals surface area contributed by atoms with Crippen molar-refractivity contribution in [3.05, 3.63) is 11.6 Å². The summed E-state index contributed by atoms with van der Waals surface area (Å²) in [7, 11) is 0. The maximum Gasteiger partial charge on any atom is 0.330 e. The van der Waals surface area contributed by atoms with Gasteiger partial charge in [-0.3, -0.25) is 0 Å². The molecule has 0 unspecified atom stereocenters. The van der Waals surface area contributed by atoms with Crippen molar-refractivity contribution in [2.75, 3.05) is 19.7 Å². The van der Waals surface area contributed by atoms with Gasteiger partial charge in [0.15, 0.2) is 0 Å². The normalized spacial score (nSPS) is 20.6. The van der Waals surface area contributed by atoms with E-state index in [0.717, 1.165) is 25.1 Å². The molecule has 1 heterocycles. The molecule has 0 spiro atoms. The quantitative estimate of drug-likeness (QED) is 0.465. The molecule has 0 bridgehead atoms. The van der Waals surface area contributed by atoms with Crippen LogP contribution in [-0.4, -0.2) is 25.7 Å². The van der Waals surface area contributed by atoms with Crippen LogP contribution in [0.5, 0.6) is 0 Å². The molecule has 1 saturated heterocycles. The lowest BCUT2D eigenvalue weighted by Crippen LogP contribution is -2.06. The smallest absolute Gasteiger partial charge is 0.330 e. The van der Waals surface area contributed by atoms with Crippen LogP contribution in [-0.2, 0) is 9.53 Å². The lowest BCUT2D eigenvalue weighted by atomic mass is 10.2. The molecular weight excluding hydrogens is 142 g/mol. The summed E-state index contributed by atoms with van der Waals surface area (Å²) in [5.74, 6) is -0.216. The summed E-state index contributed by atoms with van der Waals surface area (Å²) in [4.78, 5) is 10.9. The van der Waals surface area contributed by atoms with E-state index in [0.29, 0.717) is 6.61 Å². The highest BCUT2D eigenvalue weighted by Gasteiger charge is 2.07. The van der Waals surface area contributed by atoms with E-state index >= 15 is 0 Å². The number of nitrogens with one attached hydrogen (secondary N) is 1. The third-order valence-corrected chi connectivity index (χ3v) is 1.58. The van der Waals surface area contributed by atoms with Gasteiger partial charge in [-0.2, -0.15) is 0 Å². The van der Waals surface area contributed by atoms with Gasteiger partial charge in [0.05, 0.1) is 6.61 Å². The van der Waals surface area contributed by atoms with E-state index < -0.39 is 0 Å². The van der Waals surface area contributed by atoms with E-state index in [9.17, 15) is 4.79 Å². The lowest BCUT2D eigenvalue weighted by molar-refractivity contribution is -0.137. The first kappa shape index (κ1) is 8.27. The molecule has 1 N–H and O–H groups in total. The molecule has 0 aromatic heterocycles. The highest BCUT2D eigenvalue weighted by molar-refractivity contribution is 5.82. The molecule has 0 atom stereocenters. The van der Waals surface area contributed by atoms with Crippen LogP contribution in [0.4, 0.5) is 0 Å². The standard InChI is InChI=1S/C8H13NO2/c1-2-11-8(10)5-7-3-4-9-6-7/h5,9H,2-4,6H2,1H3/b7-5-. The molecule has 1 aliphatic heterocycles. The molecule has 3 nitrogen and oxygen atoms in total. The molecule has 1 aliphatic rings. The Morgan fingerprint density at radius 3 is 3.18 bits per heavy atom. The molecule has 0 aromatic carbocycles. The average molecular weight is 155 g/mol. The van der Waals surface area contributed by atoms with Crippen molar-refractivity contribution in [3.63, 3.8) is 0 Å². The fourth-order valence-electron chi connectivity index (χ4n) is 1.06. The predicted molar refractivity (Wildman–Crippen MR) is 42.2 cm³/mol. The number of carbonyl (C=O) groups excluding carboxylic acids is 1. The minimum Gasteiger partial charge on any atom is -0.463 e. The highest BCUT2D eigenvalue weighted by Crippen LogP contribution is 2.05. The first-order valence-corrected chi connectivity index (χ1v) is 3.90. The first-order valence-electron chi connectivity index (χ1n) is 3.90. The van der Waals surface area contributed by atoms with Gasteiger partial charge in [-0.25, -0.2) is 4.79 Å². The maximum absolute atomic E-state index is 10.9. The Balaban J connectivity index is 2.36. The van der Waals surface area contributed by atoms with Crippen LogP contribution in [0.25, 0.3) is 0 Å². The molecule has 0 aromatic rings. The van der Waals surface area contributed by atoms with Gasteiger partial charge in [-0.1, -0.05) is 0 Å². The number of hydrogen-bond acceptors (Lipinski definition) is 3. The van der Waals surface area contributed by atoms with Crippen molar-refractivity contribution in [3.8, 4) is 0 Å². The Labute approximate surface area is 66.4 Å². The van der Waals surface area contributed by atoms with E-state index in [-0.39, 0.29) is 5.97 Å². The van der Waals surface area contributed by atoms with Gasteiger partial charge in [-0.05, 0) is 25.5 Å². The third-order valence-electron chi connectivity index (χ3n) is 1.58. The molecule has 0 radical (unpaired) electrons. The number of rotatable bonds is 2. The maximum atomic E-state index is 10.9. The Morgan fingerprint density at radius 1 is 1.82 bits per heavy atom. The molecular formula is C8H13NO2. The Bertz CT molecular complexity index is 167. The van der Waals surface area contributed by atoms with E-state index in [4.69, 9.17) is 4.74 Å². The van der Waals surface area contributed by atoms with Crippen molar-refractivity contribution in [2.45, 2.75) is 13.3 Å². The SMILES string of the molecule is CCOC(=O)/C=C1/CCNC1. The van der Waals surface area contributed by atoms with Crippen molar-refractivity contribution >= 4 is 5.97 Å². The number of esters is 1. The molecule has 0 saturated carbocycles. The number of hydrogen-bond donors (Lipinski definition) is 1. The van der Waals surface area contributed by atoms with Crippen LogP contribution in [0.1, 0.15) is 13.3 Å². The average Bonchev–Trinajstić information content (AvgIpc) is 2.40. The van der Waals surface area contributed by atoms with Gasteiger partial charge in [0.25, 0.3) is 0 Å². The Kier molecular flexibility index (Phi) is 3.11. The van der Waals surface area contributed by atoms with Crippen LogP contribution in [0.15, 0.2) is 11.6 Å². The summed E-state index contributed by atoms with van der Waals surface area (Å²) >= 11 is 0. The molecule has 11 heavy (non-hydrogen) atoms. The van der Waals surface area contributed by atoms with Crippen LogP contribution in [0.2, 0.25) is 0 Å². The second kappa shape index (κ2) is 4.13. The monoisotopic (exact) mass is 155 g/mol. The van der Waals surface area contributed by atoms with Gasteiger partial charge in [0.1, 0.15) is 0 Å². The van der Waals surface area contributed by atoms with Gasteiger partial charge in [0.2, 0.25) is 0 Å². The van der Waals surface area contributed by atoms with Crippen molar-refractivity contribution in [1.29, 1.82) is 0 Å². The molecule has 3 heteroatoms. The lowest BCUT2D eigenvalue weighted by Gasteiger charge is -1.96. The summed E-state index contributed by atoms with van der Waals surface area (Å²) in [6, 6.07) is 0. The minimum atomic E-state index is -0.216. The molecule has 1 rings (SSSR count). The molecule has 62 valence electrons. The third kappa shape index (κ3) is 2.72. The minimum absolute atomic E-state index is 0.216. The number of carbonyl (C=O) groups is 1. The first-order chi connectivity index (χ1) is 5.33. The van der Waals surface area contributed by atoms with Crippen LogP contribution < -0.4 is 5.32 Å².